The molecule has 2 N–H and O–H groups in total. The zero-order chi connectivity index (χ0) is 17.5. The molecule has 0 radical (unpaired) electrons. The molecule has 1 aliphatic heterocycles. The molecule has 1 aromatic rings. The van der Waals surface area contributed by atoms with E-state index in [1.807, 2.05) is 7.05 Å². The predicted molar refractivity (Wildman–Crippen MR) is 117 cm³/mol. The maximum atomic E-state index is 4.58. The number of hydrogen-bond donors (Lipinski definition) is 2. The predicted octanol–water partition coefficient (Wildman–Crippen LogP) is 3.30. The molecular formula is C19H35IN6. The van der Waals surface area contributed by atoms with Crippen molar-refractivity contribution in [2.45, 2.75) is 83.7 Å². The van der Waals surface area contributed by atoms with Crippen molar-refractivity contribution in [3.63, 3.8) is 0 Å². The normalized spacial score (nSPS) is 20.5. The maximum Gasteiger partial charge on any atom is 0.191 e. The number of aromatic nitrogens is 3. The Bertz CT molecular complexity index is 564. The molecule has 0 saturated heterocycles. The first-order valence-corrected chi connectivity index (χ1v) is 10.2. The van der Waals surface area contributed by atoms with Crippen LogP contribution in [0.5, 0.6) is 0 Å². The largest absolute Gasteiger partial charge is 0.356 e. The number of rotatable bonds is 7. The highest BCUT2D eigenvalue weighted by molar-refractivity contribution is 14.0. The van der Waals surface area contributed by atoms with Gasteiger partial charge >= 0.3 is 0 Å². The fraction of sp³-hybridized carbons (Fsp3) is 0.842. The van der Waals surface area contributed by atoms with Crippen LogP contribution in [0.15, 0.2) is 4.99 Å². The van der Waals surface area contributed by atoms with Gasteiger partial charge in [-0.15, -0.1) is 24.0 Å². The summed E-state index contributed by atoms with van der Waals surface area (Å²) < 4.78 is 2.06. The monoisotopic (exact) mass is 474 g/mol. The molecule has 0 aromatic carbocycles. The van der Waals surface area contributed by atoms with Gasteiger partial charge in [-0.3, -0.25) is 4.99 Å². The van der Waals surface area contributed by atoms with Crippen LogP contribution in [0.2, 0.25) is 0 Å². The third-order valence-corrected chi connectivity index (χ3v) is 5.59. The Balaban J connectivity index is 0.00000243. The molecule has 2 aliphatic rings. The summed E-state index contributed by atoms with van der Waals surface area (Å²) in [6, 6.07) is 0.378. The number of hydrogen-bond acceptors (Lipinski definition) is 3. The molecule has 0 spiro atoms. The van der Waals surface area contributed by atoms with Crippen molar-refractivity contribution in [1.29, 1.82) is 0 Å². The van der Waals surface area contributed by atoms with E-state index in [1.54, 1.807) is 0 Å². The molecule has 6 nitrogen and oxygen atoms in total. The Kier molecular flexibility index (Phi) is 9.15. The van der Waals surface area contributed by atoms with Crippen LogP contribution in [0.4, 0.5) is 0 Å². The molecule has 1 aliphatic carbocycles. The van der Waals surface area contributed by atoms with Gasteiger partial charge in [0.25, 0.3) is 0 Å². The van der Waals surface area contributed by atoms with E-state index in [0.29, 0.717) is 6.04 Å². The smallest absolute Gasteiger partial charge is 0.191 e. The number of aryl methyl sites for hydroxylation is 2. The van der Waals surface area contributed by atoms with Gasteiger partial charge in [-0.25, -0.2) is 9.67 Å². The van der Waals surface area contributed by atoms with Crippen LogP contribution < -0.4 is 10.6 Å². The zero-order valence-electron chi connectivity index (χ0n) is 16.3. The van der Waals surface area contributed by atoms with Crippen molar-refractivity contribution in [3.05, 3.63) is 11.6 Å². The van der Waals surface area contributed by atoms with Gasteiger partial charge in [-0.2, -0.15) is 5.10 Å². The van der Waals surface area contributed by atoms with Crippen LogP contribution in [-0.4, -0.2) is 40.4 Å². The Hall–Kier alpha value is -0.860. The Morgan fingerprint density at radius 2 is 2.04 bits per heavy atom. The molecule has 0 bridgehead atoms. The molecule has 148 valence electrons. The average Bonchev–Trinajstić information content (AvgIpc) is 3.29. The van der Waals surface area contributed by atoms with E-state index in [4.69, 9.17) is 0 Å². The molecule has 26 heavy (non-hydrogen) atoms. The molecule has 7 heteroatoms. The number of nitrogens with zero attached hydrogens (tertiary/aromatic N) is 4. The minimum atomic E-state index is 0. The summed E-state index contributed by atoms with van der Waals surface area (Å²) in [5.74, 6) is 4.01. The minimum Gasteiger partial charge on any atom is -0.356 e. The van der Waals surface area contributed by atoms with Crippen LogP contribution in [0.25, 0.3) is 0 Å². The molecule has 1 atom stereocenters. The third kappa shape index (κ3) is 6.09. The highest BCUT2D eigenvalue weighted by Crippen LogP contribution is 2.28. The highest BCUT2D eigenvalue weighted by atomic mass is 127. The molecule has 1 saturated carbocycles. The molecule has 1 fully saturated rings. The number of guanidine groups is 1. The maximum absolute atomic E-state index is 4.58. The van der Waals surface area contributed by atoms with Crippen molar-refractivity contribution < 1.29 is 0 Å². The lowest BCUT2D eigenvalue weighted by Crippen LogP contribution is -2.47. The summed E-state index contributed by atoms with van der Waals surface area (Å²) in [6.07, 6.45) is 12.8. The Morgan fingerprint density at radius 3 is 2.77 bits per heavy atom. The molecule has 1 unspecified atom stereocenters. The standard InChI is InChI=1S/C19H34N6.HI/c1-3-17-23-18-12-11-16(14-25(18)24-17)22-19(20-2)21-13-7-6-10-15-8-4-5-9-15;/h15-16H,3-14H2,1-2H3,(H2,20,21,22);1H. The van der Waals surface area contributed by atoms with Gasteiger partial charge in [0.15, 0.2) is 11.8 Å². The lowest BCUT2D eigenvalue weighted by atomic mass is 10.0. The second-order valence-electron chi connectivity index (χ2n) is 7.51. The number of aliphatic imine (C=N–C) groups is 1. The van der Waals surface area contributed by atoms with Crippen molar-refractivity contribution in [1.82, 2.24) is 25.4 Å². The van der Waals surface area contributed by atoms with E-state index >= 15 is 0 Å². The second kappa shape index (κ2) is 11.1. The second-order valence-corrected chi connectivity index (χ2v) is 7.51. The van der Waals surface area contributed by atoms with Crippen LogP contribution in [0, 0.1) is 5.92 Å². The zero-order valence-corrected chi connectivity index (χ0v) is 18.7. The summed E-state index contributed by atoms with van der Waals surface area (Å²) in [6.45, 7) is 3.99. The van der Waals surface area contributed by atoms with Crippen molar-refractivity contribution in [2.75, 3.05) is 13.6 Å². The summed E-state index contributed by atoms with van der Waals surface area (Å²) in [7, 11) is 1.85. The van der Waals surface area contributed by atoms with Gasteiger partial charge in [0.2, 0.25) is 0 Å². The van der Waals surface area contributed by atoms with E-state index in [2.05, 4.69) is 37.3 Å². The quantitative estimate of drug-likeness (QED) is 0.276. The van der Waals surface area contributed by atoms with Gasteiger partial charge in [0.1, 0.15) is 5.82 Å². The van der Waals surface area contributed by atoms with Gasteiger partial charge in [-0.05, 0) is 18.8 Å². The lowest BCUT2D eigenvalue weighted by molar-refractivity contribution is 0.391. The first-order valence-electron chi connectivity index (χ1n) is 10.2. The van der Waals surface area contributed by atoms with E-state index in [1.165, 1.54) is 44.9 Å². The molecule has 1 aromatic heterocycles. The fourth-order valence-corrected chi connectivity index (χ4v) is 4.08. The van der Waals surface area contributed by atoms with Gasteiger partial charge in [-0.1, -0.05) is 45.4 Å². The van der Waals surface area contributed by atoms with Crippen LogP contribution in [0.3, 0.4) is 0 Å². The van der Waals surface area contributed by atoms with E-state index < -0.39 is 0 Å². The van der Waals surface area contributed by atoms with Crippen molar-refractivity contribution in [3.8, 4) is 0 Å². The first-order chi connectivity index (χ1) is 12.3. The number of halogens is 1. The summed E-state index contributed by atoms with van der Waals surface area (Å²) in [4.78, 5) is 8.97. The first kappa shape index (κ1) is 21.4. The molecule has 2 heterocycles. The summed E-state index contributed by atoms with van der Waals surface area (Å²) in [5.41, 5.74) is 0. The molecular weight excluding hydrogens is 439 g/mol. The summed E-state index contributed by atoms with van der Waals surface area (Å²) >= 11 is 0. The highest BCUT2D eigenvalue weighted by Gasteiger charge is 2.22. The van der Waals surface area contributed by atoms with E-state index in [9.17, 15) is 0 Å². The fourth-order valence-electron chi connectivity index (χ4n) is 4.08. The van der Waals surface area contributed by atoms with E-state index in [0.717, 1.165) is 55.9 Å². The molecule has 0 amide bonds. The van der Waals surface area contributed by atoms with Crippen LogP contribution in [0.1, 0.15) is 69.9 Å². The Labute approximate surface area is 175 Å². The average molecular weight is 474 g/mol. The van der Waals surface area contributed by atoms with Crippen molar-refractivity contribution in [2.24, 2.45) is 10.9 Å². The van der Waals surface area contributed by atoms with Gasteiger partial charge < -0.3 is 10.6 Å². The summed E-state index contributed by atoms with van der Waals surface area (Å²) in [5, 5.41) is 11.6. The molecule has 3 rings (SSSR count). The Morgan fingerprint density at radius 1 is 1.23 bits per heavy atom. The lowest BCUT2D eigenvalue weighted by Gasteiger charge is -2.25. The van der Waals surface area contributed by atoms with Gasteiger partial charge in [0, 0.05) is 32.5 Å². The van der Waals surface area contributed by atoms with Crippen LogP contribution in [-0.2, 0) is 19.4 Å². The third-order valence-electron chi connectivity index (χ3n) is 5.59. The van der Waals surface area contributed by atoms with Crippen molar-refractivity contribution >= 4 is 29.9 Å². The van der Waals surface area contributed by atoms with E-state index in [-0.39, 0.29) is 24.0 Å². The number of nitrogens with one attached hydrogen (secondary N) is 2. The van der Waals surface area contributed by atoms with Crippen LogP contribution >= 0.6 is 24.0 Å². The topological polar surface area (TPSA) is 67.1 Å². The van der Waals surface area contributed by atoms with Gasteiger partial charge in [0.05, 0.1) is 6.54 Å². The minimum absolute atomic E-state index is 0. The SMILES string of the molecule is CCc1nc2n(n1)CC(NC(=NC)NCCCCC1CCCC1)CC2.I. The number of fused-ring (bicyclic) bond motifs is 1. The number of unbranched alkanes of at least 4 members (excludes halogenated alkanes) is 1.